The Labute approximate surface area is 177 Å². The van der Waals surface area contributed by atoms with E-state index in [1.54, 1.807) is 47.6 Å². The summed E-state index contributed by atoms with van der Waals surface area (Å²) >= 11 is 6.10. The molecule has 0 fully saturated rings. The first-order chi connectivity index (χ1) is 14.6. The molecule has 0 saturated carbocycles. The Bertz CT molecular complexity index is 1220. The van der Waals surface area contributed by atoms with Crippen molar-refractivity contribution in [3.63, 3.8) is 0 Å². The first-order valence-electron chi connectivity index (χ1n) is 9.45. The van der Waals surface area contributed by atoms with Crippen molar-refractivity contribution in [1.29, 1.82) is 0 Å². The minimum Gasteiger partial charge on any atom is -0.507 e. The maximum absolute atomic E-state index is 13.3. The lowest BCUT2D eigenvalue weighted by Crippen LogP contribution is -2.29. The number of para-hydroxylation sites is 1. The van der Waals surface area contributed by atoms with Gasteiger partial charge in [-0.25, -0.2) is 0 Å². The molecular weight excluding hydrogens is 400 g/mol. The number of pyridine rings is 1. The van der Waals surface area contributed by atoms with E-state index in [2.05, 4.69) is 15.2 Å². The maximum atomic E-state index is 13.3. The molecule has 30 heavy (non-hydrogen) atoms. The summed E-state index contributed by atoms with van der Waals surface area (Å²) in [6.07, 6.45) is 3.45. The molecule has 2 N–H and O–H groups in total. The number of amides is 1. The second-order valence-electron chi connectivity index (χ2n) is 7.13. The summed E-state index contributed by atoms with van der Waals surface area (Å²) in [4.78, 5) is 19.3. The Morgan fingerprint density at radius 3 is 2.60 bits per heavy atom. The average Bonchev–Trinajstić information content (AvgIpc) is 3.30. The van der Waals surface area contributed by atoms with E-state index in [4.69, 9.17) is 11.6 Å². The van der Waals surface area contributed by atoms with E-state index in [-0.39, 0.29) is 17.7 Å². The van der Waals surface area contributed by atoms with E-state index in [1.807, 2.05) is 30.3 Å². The molecule has 1 aliphatic heterocycles. The predicted octanol–water partition coefficient (Wildman–Crippen LogP) is 4.58. The number of aromatic nitrogens is 3. The van der Waals surface area contributed by atoms with Gasteiger partial charge in [0, 0.05) is 35.1 Å². The Balaban J connectivity index is 1.67. The molecule has 1 atom stereocenters. The third kappa shape index (κ3) is 3.02. The Kier molecular flexibility index (Phi) is 4.48. The van der Waals surface area contributed by atoms with Crippen LogP contribution in [0.5, 0.6) is 5.75 Å². The molecule has 7 heteroatoms. The number of aromatic amines is 1. The van der Waals surface area contributed by atoms with Gasteiger partial charge < -0.3 is 10.0 Å². The summed E-state index contributed by atoms with van der Waals surface area (Å²) in [5, 5.41) is 18.3. The van der Waals surface area contributed by atoms with Gasteiger partial charge in [0.2, 0.25) is 0 Å². The number of nitrogens with one attached hydrogen (secondary N) is 1. The number of nitrogens with zero attached hydrogens (tertiary/aromatic N) is 3. The van der Waals surface area contributed by atoms with Gasteiger partial charge in [0.1, 0.15) is 17.1 Å². The average molecular weight is 417 g/mol. The highest BCUT2D eigenvalue weighted by Crippen LogP contribution is 2.45. The zero-order chi connectivity index (χ0) is 20.7. The van der Waals surface area contributed by atoms with Gasteiger partial charge in [0.15, 0.2) is 0 Å². The second kappa shape index (κ2) is 7.31. The Hall–Kier alpha value is -3.64. The van der Waals surface area contributed by atoms with Crippen molar-refractivity contribution in [1.82, 2.24) is 20.1 Å². The number of hydrogen-bond acceptors (Lipinski definition) is 4. The Morgan fingerprint density at radius 1 is 1.07 bits per heavy atom. The van der Waals surface area contributed by atoms with Crippen molar-refractivity contribution in [2.45, 2.75) is 12.6 Å². The highest BCUT2D eigenvalue weighted by Gasteiger charge is 2.42. The van der Waals surface area contributed by atoms with Crippen molar-refractivity contribution in [2.24, 2.45) is 0 Å². The first-order valence-corrected chi connectivity index (χ1v) is 9.83. The maximum Gasteiger partial charge on any atom is 0.273 e. The molecule has 2 aromatic carbocycles. The molecule has 5 rings (SSSR count). The minimum atomic E-state index is -0.377. The fourth-order valence-corrected chi connectivity index (χ4v) is 4.04. The smallest absolute Gasteiger partial charge is 0.273 e. The van der Waals surface area contributed by atoms with E-state index in [9.17, 15) is 9.90 Å². The fourth-order valence-electron chi connectivity index (χ4n) is 3.92. The number of rotatable bonds is 4. The van der Waals surface area contributed by atoms with Crippen LogP contribution in [-0.4, -0.2) is 31.1 Å². The molecule has 0 radical (unpaired) electrons. The summed E-state index contributed by atoms with van der Waals surface area (Å²) in [6.45, 7) is 0.392. The molecule has 6 nitrogen and oxygen atoms in total. The number of carbonyl (C=O) groups is 1. The van der Waals surface area contributed by atoms with Gasteiger partial charge in [-0.3, -0.25) is 14.9 Å². The molecule has 148 valence electrons. The molecule has 3 heterocycles. The van der Waals surface area contributed by atoms with Crippen LogP contribution in [0, 0.1) is 0 Å². The van der Waals surface area contributed by atoms with E-state index >= 15 is 0 Å². The third-order valence-corrected chi connectivity index (χ3v) is 5.54. The number of fused-ring (bicyclic) bond motifs is 1. The summed E-state index contributed by atoms with van der Waals surface area (Å²) in [7, 11) is 0. The molecule has 1 amide bonds. The number of hydrogen-bond donors (Lipinski definition) is 2. The lowest BCUT2D eigenvalue weighted by Gasteiger charge is -2.26. The lowest BCUT2D eigenvalue weighted by atomic mass is 9.95. The number of phenols is 1. The van der Waals surface area contributed by atoms with Crippen LogP contribution in [0.1, 0.15) is 33.2 Å². The zero-order valence-electron chi connectivity index (χ0n) is 15.8. The number of carbonyl (C=O) groups excluding carboxylic acids is 1. The van der Waals surface area contributed by atoms with Crippen LogP contribution >= 0.6 is 11.6 Å². The van der Waals surface area contributed by atoms with Crippen LogP contribution in [0.25, 0.3) is 11.3 Å². The van der Waals surface area contributed by atoms with E-state index in [0.717, 1.165) is 16.7 Å². The SMILES string of the molecule is O=C1c2[nH]nc(-c3ccccc3O)c2C(c2ccc(Cl)cc2)N1Cc1cccnc1. The third-order valence-electron chi connectivity index (χ3n) is 5.28. The van der Waals surface area contributed by atoms with Crippen LogP contribution in [0.15, 0.2) is 73.1 Å². The second-order valence-corrected chi connectivity index (χ2v) is 7.56. The molecule has 0 spiro atoms. The Morgan fingerprint density at radius 2 is 1.87 bits per heavy atom. The number of H-pyrrole nitrogens is 1. The summed E-state index contributed by atoms with van der Waals surface area (Å²) in [5.74, 6) is -0.0391. The molecule has 1 aliphatic rings. The first kappa shape index (κ1) is 18.4. The van der Waals surface area contributed by atoms with Crippen molar-refractivity contribution in [3.05, 3.63) is 100 Å². The molecule has 0 aliphatic carbocycles. The molecule has 2 aromatic heterocycles. The molecule has 0 bridgehead atoms. The van der Waals surface area contributed by atoms with Crippen molar-refractivity contribution in [2.75, 3.05) is 0 Å². The van der Waals surface area contributed by atoms with Gasteiger partial charge in [0.25, 0.3) is 5.91 Å². The van der Waals surface area contributed by atoms with Gasteiger partial charge >= 0.3 is 0 Å². The van der Waals surface area contributed by atoms with Crippen LogP contribution in [0.2, 0.25) is 5.02 Å². The van der Waals surface area contributed by atoms with E-state index < -0.39 is 0 Å². The topological polar surface area (TPSA) is 82.1 Å². The van der Waals surface area contributed by atoms with Gasteiger partial charge in [-0.1, -0.05) is 41.9 Å². The number of phenolic OH excluding ortho intramolecular Hbond substituents is 1. The fraction of sp³-hybridized carbons (Fsp3) is 0.0870. The van der Waals surface area contributed by atoms with Crippen molar-refractivity contribution >= 4 is 17.5 Å². The molecule has 0 saturated heterocycles. The van der Waals surface area contributed by atoms with Crippen molar-refractivity contribution in [3.8, 4) is 17.0 Å². The molecule has 1 unspecified atom stereocenters. The van der Waals surface area contributed by atoms with Crippen molar-refractivity contribution < 1.29 is 9.90 Å². The quantitative estimate of drug-likeness (QED) is 0.510. The number of aromatic hydroxyl groups is 1. The summed E-state index contributed by atoms with van der Waals surface area (Å²) < 4.78 is 0. The highest BCUT2D eigenvalue weighted by molar-refractivity contribution is 6.30. The molecule has 4 aromatic rings. The molecular formula is C23H17ClN4O2. The lowest BCUT2D eigenvalue weighted by molar-refractivity contribution is 0.0730. The minimum absolute atomic E-state index is 0.111. The summed E-state index contributed by atoms with van der Waals surface area (Å²) in [5.41, 5.74) is 4.14. The number of halogens is 1. The zero-order valence-corrected chi connectivity index (χ0v) is 16.5. The summed E-state index contributed by atoms with van der Waals surface area (Å²) in [6, 6.07) is 17.8. The van der Waals surface area contributed by atoms with Crippen LogP contribution in [-0.2, 0) is 6.54 Å². The van der Waals surface area contributed by atoms with Gasteiger partial charge in [-0.2, -0.15) is 5.10 Å². The van der Waals surface area contributed by atoms with Gasteiger partial charge in [-0.15, -0.1) is 0 Å². The van der Waals surface area contributed by atoms with Gasteiger partial charge in [-0.05, 0) is 41.5 Å². The van der Waals surface area contributed by atoms with E-state index in [0.29, 0.717) is 28.5 Å². The highest BCUT2D eigenvalue weighted by atomic mass is 35.5. The van der Waals surface area contributed by atoms with E-state index in [1.165, 1.54) is 0 Å². The normalized spacial score (nSPS) is 15.4. The standard InChI is InChI=1S/C23H17ClN4O2/c24-16-9-7-15(8-10-16)22-19-20(17-5-1-2-6-18(17)29)26-27-21(19)23(30)28(22)13-14-4-3-11-25-12-14/h1-12,22,29H,13H2,(H,26,27). The van der Waals surface area contributed by atoms with Crippen LogP contribution in [0.3, 0.4) is 0 Å². The monoisotopic (exact) mass is 416 g/mol. The largest absolute Gasteiger partial charge is 0.507 e. The predicted molar refractivity (Wildman–Crippen MR) is 113 cm³/mol. The van der Waals surface area contributed by atoms with Gasteiger partial charge in [0.05, 0.1) is 6.04 Å². The van der Waals surface area contributed by atoms with Crippen LogP contribution in [0.4, 0.5) is 0 Å². The number of benzene rings is 2. The van der Waals surface area contributed by atoms with Crippen LogP contribution < -0.4 is 0 Å².